The predicted octanol–water partition coefficient (Wildman–Crippen LogP) is 3.33. The first-order valence-corrected chi connectivity index (χ1v) is 7.54. The zero-order chi connectivity index (χ0) is 14.6. The maximum absolute atomic E-state index is 5.86. The Morgan fingerprint density at radius 3 is 2.80 bits per heavy atom. The summed E-state index contributed by atoms with van der Waals surface area (Å²) in [6.07, 6.45) is 3.18. The molecule has 3 nitrogen and oxygen atoms in total. The molecule has 2 unspecified atom stereocenters. The average Bonchev–Trinajstić information content (AvgIpc) is 2.43. The molecule has 0 aliphatic carbocycles. The van der Waals surface area contributed by atoms with Crippen LogP contribution in [0.25, 0.3) is 0 Å². The van der Waals surface area contributed by atoms with Crippen molar-refractivity contribution in [3.63, 3.8) is 0 Å². The van der Waals surface area contributed by atoms with Gasteiger partial charge in [-0.1, -0.05) is 18.2 Å². The molecular weight excluding hydrogens is 250 g/mol. The number of ether oxygens (including phenoxy) is 2. The Morgan fingerprint density at radius 1 is 1.40 bits per heavy atom. The van der Waals surface area contributed by atoms with E-state index in [4.69, 9.17) is 15.2 Å². The Kier molecular flexibility index (Phi) is 5.06. The van der Waals surface area contributed by atoms with Crippen molar-refractivity contribution in [3.05, 3.63) is 29.8 Å². The van der Waals surface area contributed by atoms with Gasteiger partial charge in [0.05, 0.1) is 12.7 Å². The molecule has 0 radical (unpaired) electrons. The van der Waals surface area contributed by atoms with Crippen LogP contribution in [0.4, 0.5) is 0 Å². The summed E-state index contributed by atoms with van der Waals surface area (Å²) in [5.41, 5.74) is 7.13. The Hall–Kier alpha value is -1.06. The molecule has 1 saturated heterocycles. The quantitative estimate of drug-likeness (QED) is 0.898. The largest absolute Gasteiger partial charge is 0.496 e. The Morgan fingerprint density at radius 2 is 2.15 bits per heavy atom. The van der Waals surface area contributed by atoms with Crippen LogP contribution in [0.1, 0.15) is 44.6 Å². The van der Waals surface area contributed by atoms with Gasteiger partial charge in [-0.15, -0.1) is 0 Å². The molecule has 2 atom stereocenters. The van der Waals surface area contributed by atoms with Crippen molar-refractivity contribution in [2.24, 2.45) is 11.7 Å². The zero-order valence-electron chi connectivity index (χ0n) is 12.9. The minimum atomic E-state index is -0.0300. The molecule has 0 spiro atoms. The lowest BCUT2D eigenvalue weighted by molar-refractivity contribution is -0.0772. The van der Waals surface area contributed by atoms with Gasteiger partial charge in [0.25, 0.3) is 0 Å². The second-order valence-electron chi connectivity index (χ2n) is 6.29. The molecule has 1 aromatic carbocycles. The van der Waals surface area contributed by atoms with E-state index in [1.54, 1.807) is 7.11 Å². The van der Waals surface area contributed by atoms with Gasteiger partial charge in [-0.25, -0.2) is 0 Å². The first kappa shape index (κ1) is 15.3. The van der Waals surface area contributed by atoms with Crippen molar-refractivity contribution in [2.75, 3.05) is 20.3 Å². The van der Waals surface area contributed by atoms with Crippen molar-refractivity contribution in [1.29, 1.82) is 0 Å². The van der Waals surface area contributed by atoms with Gasteiger partial charge in [-0.3, -0.25) is 0 Å². The normalized spacial score (nSPS) is 23.3. The Balaban J connectivity index is 2.26. The standard InChI is InChI=1S/C17H27NO2/c1-17(2)12-13(9-11-20-17)14(8-10-18)15-6-4-5-7-16(15)19-3/h4-7,13-14H,8-12,18H2,1-3H3. The molecule has 1 fully saturated rings. The summed E-state index contributed by atoms with van der Waals surface area (Å²) in [6, 6.07) is 8.34. The van der Waals surface area contributed by atoms with Gasteiger partial charge >= 0.3 is 0 Å². The first-order valence-electron chi connectivity index (χ1n) is 7.54. The van der Waals surface area contributed by atoms with E-state index >= 15 is 0 Å². The third-order valence-corrected chi connectivity index (χ3v) is 4.32. The second-order valence-corrected chi connectivity index (χ2v) is 6.29. The minimum Gasteiger partial charge on any atom is -0.496 e. The van der Waals surface area contributed by atoms with E-state index in [-0.39, 0.29) is 5.60 Å². The van der Waals surface area contributed by atoms with Crippen molar-refractivity contribution in [2.45, 2.75) is 44.6 Å². The number of benzene rings is 1. The van der Waals surface area contributed by atoms with Gasteiger partial charge in [0.15, 0.2) is 0 Å². The number of methoxy groups -OCH3 is 1. The van der Waals surface area contributed by atoms with Crippen LogP contribution in [-0.2, 0) is 4.74 Å². The van der Waals surface area contributed by atoms with Crippen molar-refractivity contribution in [1.82, 2.24) is 0 Å². The summed E-state index contributed by atoms with van der Waals surface area (Å²) in [5, 5.41) is 0. The third kappa shape index (κ3) is 3.53. The number of hydrogen-bond acceptors (Lipinski definition) is 3. The van der Waals surface area contributed by atoms with Gasteiger partial charge in [0.2, 0.25) is 0 Å². The molecular formula is C17H27NO2. The van der Waals surface area contributed by atoms with E-state index in [1.165, 1.54) is 5.56 Å². The fraction of sp³-hybridized carbons (Fsp3) is 0.647. The molecule has 2 N–H and O–H groups in total. The van der Waals surface area contributed by atoms with Crippen LogP contribution < -0.4 is 10.5 Å². The molecule has 1 aromatic rings. The fourth-order valence-corrected chi connectivity index (χ4v) is 3.42. The Bertz CT molecular complexity index is 431. The molecule has 0 saturated carbocycles. The minimum absolute atomic E-state index is 0.0300. The maximum atomic E-state index is 5.86. The van der Waals surface area contributed by atoms with Crippen LogP contribution in [0.15, 0.2) is 24.3 Å². The second kappa shape index (κ2) is 6.59. The predicted molar refractivity (Wildman–Crippen MR) is 82.2 cm³/mol. The van der Waals surface area contributed by atoms with E-state index in [1.807, 2.05) is 12.1 Å². The number of hydrogen-bond donors (Lipinski definition) is 1. The van der Waals surface area contributed by atoms with E-state index in [9.17, 15) is 0 Å². The number of rotatable bonds is 5. The van der Waals surface area contributed by atoms with Crippen molar-refractivity contribution in [3.8, 4) is 5.75 Å². The van der Waals surface area contributed by atoms with Gasteiger partial charge in [-0.05, 0) is 63.1 Å². The molecule has 1 heterocycles. The van der Waals surface area contributed by atoms with Crippen LogP contribution in [0, 0.1) is 5.92 Å². The summed E-state index contributed by atoms with van der Waals surface area (Å²) < 4.78 is 11.4. The molecule has 2 rings (SSSR count). The Labute approximate surface area is 122 Å². The summed E-state index contributed by atoms with van der Waals surface area (Å²) >= 11 is 0. The topological polar surface area (TPSA) is 44.5 Å². The van der Waals surface area contributed by atoms with Crippen LogP contribution in [0.5, 0.6) is 5.75 Å². The van der Waals surface area contributed by atoms with Crippen LogP contribution in [0.3, 0.4) is 0 Å². The monoisotopic (exact) mass is 277 g/mol. The summed E-state index contributed by atoms with van der Waals surface area (Å²) in [6.45, 7) is 5.91. The zero-order valence-corrected chi connectivity index (χ0v) is 12.9. The van der Waals surface area contributed by atoms with E-state index in [2.05, 4.69) is 26.0 Å². The van der Waals surface area contributed by atoms with Gasteiger partial charge in [0.1, 0.15) is 5.75 Å². The van der Waals surface area contributed by atoms with Crippen LogP contribution in [-0.4, -0.2) is 25.9 Å². The summed E-state index contributed by atoms with van der Waals surface area (Å²) in [4.78, 5) is 0. The van der Waals surface area contributed by atoms with Gasteiger partial charge in [0, 0.05) is 6.61 Å². The molecule has 0 bridgehead atoms. The molecule has 1 aliphatic rings. The van der Waals surface area contributed by atoms with E-state index in [0.29, 0.717) is 18.4 Å². The average molecular weight is 277 g/mol. The van der Waals surface area contributed by atoms with Crippen molar-refractivity contribution >= 4 is 0 Å². The highest BCUT2D eigenvalue weighted by atomic mass is 16.5. The molecule has 3 heteroatoms. The van der Waals surface area contributed by atoms with Gasteiger partial charge < -0.3 is 15.2 Å². The highest BCUT2D eigenvalue weighted by Crippen LogP contribution is 2.42. The van der Waals surface area contributed by atoms with Crippen molar-refractivity contribution < 1.29 is 9.47 Å². The lowest BCUT2D eigenvalue weighted by Gasteiger charge is -2.39. The number of nitrogens with two attached hydrogens (primary N) is 1. The molecule has 112 valence electrons. The third-order valence-electron chi connectivity index (χ3n) is 4.32. The molecule has 1 aliphatic heterocycles. The highest BCUT2D eigenvalue weighted by Gasteiger charge is 2.34. The fourth-order valence-electron chi connectivity index (χ4n) is 3.42. The van der Waals surface area contributed by atoms with E-state index in [0.717, 1.165) is 31.6 Å². The van der Waals surface area contributed by atoms with Crippen LogP contribution in [0.2, 0.25) is 0 Å². The summed E-state index contributed by atoms with van der Waals surface area (Å²) in [7, 11) is 1.74. The molecule has 20 heavy (non-hydrogen) atoms. The molecule has 0 aromatic heterocycles. The smallest absolute Gasteiger partial charge is 0.122 e. The first-order chi connectivity index (χ1) is 9.57. The maximum Gasteiger partial charge on any atom is 0.122 e. The SMILES string of the molecule is COc1ccccc1C(CCN)C1CCOC(C)(C)C1. The highest BCUT2D eigenvalue weighted by molar-refractivity contribution is 5.36. The number of para-hydroxylation sites is 1. The summed E-state index contributed by atoms with van der Waals surface area (Å²) in [5.74, 6) is 2.05. The lowest BCUT2D eigenvalue weighted by Crippen LogP contribution is -2.36. The van der Waals surface area contributed by atoms with Crippen LogP contribution >= 0.6 is 0 Å². The lowest BCUT2D eigenvalue weighted by atomic mass is 9.75. The molecule has 0 amide bonds. The van der Waals surface area contributed by atoms with Gasteiger partial charge in [-0.2, -0.15) is 0 Å². The van der Waals surface area contributed by atoms with E-state index < -0.39 is 0 Å².